The van der Waals surface area contributed by atoms with E-state index < -0.39 is 0 Å². The summed E-state index contributed by atoms with van der Waals surface area (Å²) in [5.74, 6) is 1.30. The largest absolute Gasteiger partial charge is 0.343 e. The molecule has 1 fully saturated rings. The Kier molecular flexibility index (Phi) is 7.72. The van der Waals surface area contributed by atoms with E-state index in [0.29, 0.717) is 16.5 Å². The summed E-state index contributed by atoms with van der Waals surface area (Å²) in [6.45, 7) is 12.1. The van der Waals surface area contributed by atoms with E-state index in [2.05, 4.69) is 4.90 Å². The van der Waals surface area contributed by atoms with Crippen LogP contribution in [0.4, 0.5) is 0 Å². The third-order valence-electron chi connectivity index (χ3n) is 5.95. The molecule has 0 N–H and O–H groups in total. The number of hydrogen-bond donors (Lipinski definition) is 0. The molecule has 1 amide bonds. The summed E-state index contributed by atoms with van der Waals surface area (Å²) in [7, 11) is 0. The molecule has 1 aliphatic heterocycles. The summed E-state index contributed by atoms with van der Waals surface area (Å²) in [4.78, 5) is 26.3. The molecule has 1 aliphatic rings. The smallest absolute Gasteiger partial charge is 0.227 e. The molecular formula is C23H30Cl2N4O. The number of benzene rings is 1. The number of likely N-dealkylation sites (N-methyl/N-ethyl adjacent to an activating group) is 1. The van der Waals surface area contributed by atoms with Crippen LogP contribution in [0.2, 0.25) is 10.0 Å². The van der Waals surface area contributed by atoms with Crippen LogP contribution in [0.25, 0.3) is 0 Å². The Morgan fingerprint density at radius 2 is 1.83 bits per heavy atom. The molecule has 2 aromatic rings. The predicted molar refractivity (Wildman–Crippen MR) is 122 cm³/mol. The van der Waals surface area contributed by atoms with E-state index >= 15 is 0 Å². The van der Waals surface area contributed by atoms with Crippen LogP contribution in [0.15, 0.2) is 18.2 Å². The fourth-order valence-electron chi connectivity index (χ4n) is 4.14. The van der Waals surface area contributed by atoms with Crippen LogP contribution in [0, 0.1) is 13.8 Å². The first-order chi connectivity index (χ1) is 14.3. The Hall–Kier alpha value is -1.69. The number of amides is 1. The van der Waals surface area contributed by atoms with Gasteiger partial charge in [0.25, 0.3) is 0 Å². The number of carbonyl (C=O) groups excluding carboxylic acids is 1. The monoisotopic (exact) mass is 448 g/mol. The van der Waals surface area contributed by atoms with E-state index in [4.69, 9.17) is 33.2 Å². The Morgan fingerprint density at radius 3 is 2.47 bits per heavy atom. The minimum absolute atomic E-state index is 0.132. The lowest BCUT2D eigenvalue weighted by molar-refractivity contribution is -0.130. The molecule has 2 heterocycles. The molecule has 1 unspecified atom stereocenters. The van der Waals surface area contributed by atoms with Gasteiger partial charge in [-0.05, 0) is 52.3 Å². The van der Waals surface area contributed by atoms with Gasteiger partial charge in [-0.3, -0.25) is 9.69 Å². The van der Waals surface area contributed by atoms with Gasteiger partial charge in [-0.15, -0.1) is 0 Å². The molecule has 162 valence electrons. The van der Waals surface area contributed by atoms with Crippen molar-refractivity contribution in [1.29, 1.82) is 0 Å². The number of halogens is 2. The first-order valence-corrected chi connectivity index (χ1v) is 11.4. The Labute approximate surface area is 189 Å². The minimum Gasteiger partial charge on any atom is -0.343 e. The standard InChI is InChI=1S/C23H30Cl2N4O/c1-5-29(6-2)21(30)12-19-15(3)26-23(27-16(19)4)18-10-11-28(14-18)13-17-8-7-9-20(24)22(17)25/h7-9,18H,5-6,10-14H2,1-4H3. The highest BCUT2D eigenvalue weighted by atomic mass is 35.5. The fraction of sp³-hybridized carbons (Fsp3) is 0.522. The molecule has 0 saturated carbocycles. The maximum absolute atomic E-state index is 12.5. The molecule has 0 spiro atoms. The van der Waals surface area contributed by atoms with Crippen LogP contribution in [0.5, 0.6) is 0 Å². The highest BCUT2D eigenvalue weighted by Crippen LogP contribution is 2.31. The zero-order chi connectivity index (χ0) is 21.8. The van der Waals surface area contributed by atoms with Crippen molar-refractivity contribution in [3.63, 3.8) is 0 Å². The van der Waals surface area contributed by atoms with Gasteiger partial charge in [0.1, 0.15) is 5.82 Å². The molecule has 1 saturated heterocycles. The van der Waals surface area contributed by atoms with Crippen molar-refractivity contribution in [1.82, 2.24) is 19.8 Å². The second-order valence-corrected chi connectivity index (χ2v) is 8.69. The van der Waals surface area contributed by atoms with Crippen LogP contribution in [0.3, 0.4) is 0 Å². The predicted octanol–water partition coefficient (Wildman–Crippen LogP) is 4.80. The molecule has 30 heavy (non-hydrogen) atoms. The summed E-state index contributed by atoms with van der Waals surface area (Å²) in [5, 5.41) is 1.22. The van der Waals surface area contributed by atoms with Crippen LogP contribution >= 0.6 is 23.2 Å². The van der Waals surface area contributed by atoms with Gasteiger partial charge in [0, 0.05) is 49.0 Å². The van der Waals surface area contributed by atoms with E-state index in [0.717, 1.165) is 67.5 Å². The van der Waals surface area contributed by atoms with E-state index in [1.54, 1.807) is 0 Å². The summed E-state index contributed by atoms with van der Waals surface area (Å²) in [6, 6.07) is 5.77. The molecule has 1 aromatic heterocycles. The minimum atomic E-state index is 0.132. The van der Waals surface area contributed by atoms with Gasteiger partial charge >= 0.3 is 0 Å². The number of aromatic nitrogens is 2. The van der Waals surface area contributed by atoms with Crippen molar-refractivity contribution in [2.45, 2.75) is 53.0 Å². The molecule has 7 heteroatoms. The SMILES string of the molecule is CCN(CC)C(=O)Cc1c(C)nc(C2CCN(Cc3cccc(Cl)c3Cl)C2)nc1C. The van der Waals surface area contributed by atoms with Crippen LogP contribution < -0.4 is 0 Å². The normalized spacial score (nSPS) is 16.8. The summed E-state index contributed by atoms with van der Waals surface area (Å²) in [5.41, 5.74) is 3.82. The zero-order valence-corrected chi connectivity index (χ0v) is 19.7. The third-order valence-corrected chi connectivity index (χ3v) is 6.80. The Balaban J connectivity index is 1.70. The topological polar surface area (TPSA) is 49.3 Å². The van der Waals surface area contributed by atoms with Crippen molar-refractivity contribution >= 4 is 29.1 Å². The summed E-state index contributed by atoms with van der Waals surface area (Å²) in [6.07, 6.45) is 1.37. The average molecular weight is 449 g/mol. The maximum Gasteiger partial charge on any atom is 0.227 e. The van der Waals surface area contributed by atoms with E-state index in [1.807, 2.05) is 50.8 Å². The van der Waals surface area contributed by atoms with Crippen molar-refractivity contribution < 1.29 is 4.79 Å². The van der Waals surface area contributed by atoms with Crippen molar-refractivity contribution in [2.24, 2.45) is 0 Å². The van der Waals surface area contributed by atoms with E-state index in [9.17, 15) is 4.79 Å². The lowest BCUT2D eigenvalue weighted by Gasteiger charge is -2.20. The third kappa shape index (κ3) is 5.13. The molecule has 1 atom stereocenters. The van der Waals surface area contributed by atoms with E-state index in [1.165, 1.54) is 0 Å². The molecular weight excluding hydrogens is 419 g/mol. The van der Waals surface area contributed by atoms with Gasteiger partial charge in [0.05, 0.1) is 16.5 Å². The molecule has 1 aromatic carbocycles. The van der Waals surface area contributed by atoms with Gasteiger partial charge in [0.2, 0.25) is 5.91 Å². The number of rotatable bonds is 7. The number of nitrogens with zero attached hydrogens (tertiary/aromatic N) is 4. The second kappa shape index (κ2) is 10.1. The summed E-state index contributed by atoms with van der Waals surface area (Å²) >= 11 is 12.5. The highest BCUT2D eigenvalue weighted by molar-refractivity contribution is 6.42. The zero-order valence-electron chi connectivity index (χ0n) is 18.2. The van der Waals surface area contributed by atoms with Gasteiger partial charge in [0.15, 0.2) is 0 Å². The molecule has 0 radical (unpaired) electrons. The van der Waals surface area contributed by atoms with Crippen molar-refractivity contribution in [3.05, 3.63) is 56.6 Å². The van der Waals surface area contributed by atoms with Gasteiger partial charge in [-0.1, -0.05) is 35.3 Å². The molecule has 3 rings (SSSR count). The Morgan fingerprint density at radius 1 is 1.17 bits per heavy atom. The Bertz CT molecular complexity index is 891. The average Bonchev–Trinajstić information content (AvgIpc) is 3.18. The van der Waals surface area contributed by atoms with Crippen LogP contribution in [0.1, 0.15) is 54.5 Å². The van der Waals surface area contributed by atoms with Gasteiger partial charge in [-0.2, -0.15) is 0 Å². The molecule has 0 aliphatic carbocycles. The quantitative estimate of drug-likeness (QED) is 0.609. The summed E-state index contributed by atoms with van der Waals surface area (Å²) < 4.78 is 0. The van der Waals surface area contributed by atoms with E-state index in [-0.39, 0.29) is 11.8 Å². The first kappa shape index (κ1) is 23.0. The first-order valence-electron chi connectivity index (χ1n) is 10.6. The van der Waals surface area contributed by atoms with Gasteiger partial charge < -0.3 is 4.90 Å². The van der Waals surface area contributed by atoms with Gasteiger partial charge in [-0.25, -0.2) is 9.97 Å². The number of likely N-dealkylation sites (tertiary alicyclic amines) is 1. The van der Waals surface area contributed by atoms with Crippen molar-refractivity contribution in [2.75, 3.05) is 26.2 Å². The second-order valence-electron chi connectivity index (χ2n) is 7.91. The number of hydrogen-bond acceptors (Lipinski definition) is 4. The van der Waals surface area contributed by atoms with Crippen molar-refractivity contribution in [3.8, 4) is 0 Å². The molecule has 0 bridgehead atoms. The van der Waals surface area contributed by atoms with Crippen LogP contribution in [-0.2, 0) is 17.8 Å². The highest BCUT2D eigenvalue weighted by Gasteiger charge is 2.28. The lowest BCUT2D eigenvalue weighted by Crippen LogP contribution is -2.32. The fourth-order valence-corrected chi connectivity index (χ4v) is 4.52. The molecule has 5 nitrogen and oxygen atoms in total. The number of carbonyl (C=O) groups is 1. The lowest BCUT2D eigenvalue weighted by atomic mass is 10.0. The maximum atomic E-state index is 12.5. The van der Waals surface area contributed by atoms with Crippen LogP contribution in [-0.4, -0.2) is 51.9 Å². The number of aryl methyl sites for hydroxylation is 2.